The maximum absolute atomic E-state index is 13.4. The molecule has 2 heterocycles. The van der Waals surface area contributed by atoms with Crippen molar-refractivity contribution in [1.82, 2.24) is 4.98 Å². The smallest absolute Gasteiger partial charge is 0.350 e. The molecule has 0 aliphatic carbocycles. The van der Waals surface area contributed by atoms with Gasteiger partial charge in [-0.1, -0.05) is 24.0 Å². The van der Waals surface area contributed by atoms with E-state index in [0.717, 1.165) is 16.2 Å². The number of carbonyl (C=O) groups excluding carboxylic acids is 3. The van der Waals surface area contributed by atoms with Crippen LogP contribution in [0.25, 0.3) is 5.76 Å². The Morgan fingerprint density at radius 2 is 1.92 bits per heavy atom. The van der Waals surface area contributed by atoms with Gasteiger partial charge in [0.25, 0.3) is 11.5 Å². The van der Waals surface area contributed by atoms with E-state index in [1.165, 1.54) is 37.5 Å². The summed E-state index contributed by atoms with van der Waals surface area (Å²) in [6, 6.07) is 8.91. The molecule has 39 heavy (non-hydrogen) atoms. The normalized spacial score (nSPS) is 16.3. The maximum Gasteiger partial charge on any atom is 0.350 e. The van der Waals surface area contributed by atoms with E-state index >= 15 is 0 Å². The number of Topliss-reactive ketones (excluding diaryl/α,β-unsaturated/α-hetero) is 1. The van der Waals surface area contributed by atoms with Gasteiger partial charge in [-0.25, -0.2) is 9.78 Å². The highest BCUT2D eigenvalue weighted by Gasteiger charge is 2.48. The number of aryl methyl sites for hydroxylation is 2. The van der Waals surface area contributed by atoms with Crippen LogP contribution in [0.1, 0.15) is 38.1 Å². The van der Waals surface area contributed by atoms with Gasteiger partial charge in [0, 0.05) is 17.7 Å². The summed E-state index contributed by atoms with van der Waals surface area (Å²) in [4.78, 5) is 55.5. The fourth-order valence-electron chi connectivity index (χ4n) is 4.17. The lowest BCUT2D eigenvalue weighted by Gasteiger charge is -2.23. The Balaban J connectivity index is 1.91. The number of aliphatic hydroxyl groups is 1. The first-order valence-corrected chi connectivity index (χ1v) is 12.4. The van der Waals surface area contributed by atoms with Crippen molar-refractivity contribution in [2.45, 2.75) is 19.9 Å². The number of thiazole rings is 1. The van der Waals surface area contributed by atoms with Crippen LogP contribution in [0.4, 0.5) is 10.8 Å². The summed E-state index contributed by atoms with van der Waals surface area (Å²) in [5.74, 6) is -2.53. The summed E-state index contributed by atoms with van der Waals surface area (Å²) in [6.45, 7) is 6.74. The van der Waals surface area contributed by atoms with Gasteiger partial charge in [0.15, 0.2) is 5.13 Å². The van der Waals surface area contributed by atoms with E-state index in [1.54, 1.807) is 32.0 Å². The van der Waals surface area contributed by atoms with Crippen molar-refractivity contribution in [2.24, 2.45) is 0 Å². The van der Waals surface area contributed by atoms with Gasteiger partial charge in [0.1, 0.15) is 23.0 Å². The number of amides is 1. The zero-order valence-corrected chi connectivity index (χ0v) is 22.0. The molecule has 0 saturated carbocycles. The Morgan fingerprint density at radius 1 is 1.23 bits per heavy atom. The number of ether oxygens (including phenoxy) is 2. The van der Waals surface area contributed by atoms with Gasteiger partial charge in [0.05, 0.1) is 29.3 Å². The Bertz CT molecular complexity index is 1540. The van der Waals surface area contributed by atoms with Crippen LogP contribution >= 0.6 is 11.3 Å². The van der Waals surface area contributed by atoms with Crippen molar-refractivity contribution >= 4 is 45.6 Å². The van der Waals surface area contributed by atoms with Crippen LogP contribution in [0.15, 0.2) is 60.7 Å². The molecule has 1 aliphatic heterocycles. The lowest BCUT2D eigenvalue weighted by atomic mass is 9.94. The van der Waals surface area contributed by atoms with Crippen LogP contribution in [0, 0.1) is 24.0 Å². The third-order valence-corrected chi connectivity index (χ3v) is 7.20. The number of ketones is 1. The van der Waals surface area contributed by atoms with E-state index in [2.05, 4.69) is 11.6 Å². The van der Waals surface area contributed by atoms with Gasteiger partial charge in [-0.3, -0.25) is 24.6 Å². The number of nitro groups is 1. The van der Waals surface area contributed by atoms with Gasteiger partial charge < -0.3 is 14.6 Å². The van der Waals surface area contributed by atoms with Crippen LogP contribution in [-0.4, -0.2) is 46.4 Å². The van der Waals surface area contributed by atoms with Crippen LogP contribution in [0.5, 0.6) is 5.75 Å². The molecule has 1 aromatic heterocycles. The van der Waals surface area contributed by atoms with Crippen molar-refractivity contribution < 1.29 is 33.9 Å². The molecular formula is C27H23N3O8S. The van der Waals surface area contributed by atoms with E-state index in [0.29, 0.717) is 22.4 Å². The Morgan fingerprint density at radius 3 is 2.51 bits per heavy atom. The highest BCUT2D eigenvalue weighted by Crippen LogP contribution is 2.44. The first kappa shape index (κ1) is 27.2. The molecule has 11 nitrogen and oxygen atoms in total. The highest BCUT2D eigenvalue weighted by molar-refractivity contribution is 7.17. The van der Waals surface area contributed by atoms with Crippen molar-refractivity contribution in [3.8, 4) is 5.75 Å². The number of nitro benzene ring substituents is 1. The van der Waals surface area contributed by atoms with E-state index in [9.17, 15) is 29.6 Å². The SMILES string of the molecule is C=CCOC(=O)c1sc(N2C(=O)C(=O)/C(=C(/O)c3ccc(OC)cc3C)C2c2ccc([N+](=O)[O-])cc2)nc1C. The number of methoxy groups -OCH3 is 1. The predicted octanol–water partition coefficient (Wildman–Crippen LogP) is 4.65. The van der Waals surface area contributed by atoms with Crippen molar-refractivity contribution in [3.05, 3.63) is 98.1 Å². The number of hydrogen-bond donors (Lipinski definition) is 1. The van der Waals surface area contributed by atoms with Gasteiger partial charge in [-0.15, -0.1) is 0 Å². The zero-order chi connectivity index (χ0) is 28.4. The number of nitrogens with zero attached hydrogens (tertiary/aromatic N) is 3. The van der Waals surface area contributed by atoms with Crippen LogP contribution in [0.2, 0.25) is 0 Å². The molecule has 1 unspecified atom stereocenters. The second kappa shape index (κ2) is 10.9. The lowest BCUT2D eigenvalue weighted by molar-refractivity contribution is -0.384. The minimum atomic E-state index is -1.19. The minimum absolute atomic E-state index is 0.0222. The van der Waals surface area contributed by atoms with Crippen molar-refractivity contribution in [2.75, 3.05) is 18.6 Å². The first-order chi connectivity index (χ1) is 18.6. The quantitative estimate of drug-likeness (QED) is 0.0806. The van der Waals surface area contributed by atoms with E-state index < -0.39 is 34.4 Å². The summed E-state index contributed by atoms with van der Waals surface area (Å²) in [7, 11) is 1.49. The van der Waals surface area contributed by atoms with Gasteiger partial charge >= 0.3 is 11.9 Å². The molecule has 1 aliphatic rings. The molecule has 0 spiro atoms. The summed E-state index contributed by atoms with van der Waals surface area (Å²) in [5.41, 5.74) is 1.04. The molecule has 12 heteroatoms. The largest absolute Gasteiger partial charge is 0.507 e. The standard InChI is InChI=1S/C27H23N3O8S/c1-5-12-38-26(34)24-15(3)28-27(39-24)29-21(16-6-8-17(9-7-16)30(35)36)20(23(32)25(29)33)22(31)19-11-10-18(37-4)13-14(19)2/h5-11,13,21,31H,1,12H2,2-4H3/b22-20+. The Labute approximate surface area is 226 Å². The topological polar surface area (TPSA) is 149 Å². The number of carbonyl (C=O) groups is 3. The number of rotatable bonds is 8. The van der Waals surface area contributed by atoms with Crippen LogP contribution in [-0.2, 0) is 14.3 Å². The van der Waals surface area contributed by atoms with Crippen molar-refractivity contribution in [1.29, 1.82) is 0 Å². The van der Waals surface area contributed by atoms with Crippen LogP contribution in [0.3, 0.4) is 0 Å². The minimum Gasteiger partial charge on any atom is -0.507 e. The molecule has 1 N–H and O–H groups in total. The molecule has 4 rings (SSSR count). The lowest BCUT2D eigenvalue weighted by Crippen LogP contribution is -2.29. The maximum atomic E-state index is 13.4. The second-order valence-electron chi connectivity index (χ2n) is 8.50. The number of benzene rings is 2. The molecule has 1 saturated heterocycles. The monoisotopic (exact) mass is 549 g/mol. The highest BCUT2D eigenvalue weighted by atomic mass is 32.1. The number of non-ortho nitro benzene ring substituents is 1. The van der Waals surface area contributed by atoms with E-state index in [4.69, 9.17) is 9.47 Å². The molecule has 1 amide bonds. The Hall–Kier alpha value is -4.84. The number of aliphatic hydroxyl groups excluding tert-OH is 1. The first-order valence-electron chi connectivity index (χ1n) is 11.5. The number of esters is 1. The fraction of sp³-hybridized carbons (Fsp3) is 0.185. The molecule has 200 valence electrons. The molecule has 1 atom stereocenters. The molecule has 0 bridgehead atoms. The van der Waals surface area contributed by atoms with Crippen LogP contribution < -0.4 is 9.64 Å². The van der Waals surface area contributed by atoms with Gasteiger partial charge in [-0.05, 0) is 55.3 Å². The molecule has 3 aromatic rings. The van der Waals surface area contributed by atoms with Crippen molar-refractivity contribution in [3.63, 3.8) is 0 Å². The summed E-state index contributed by atoms with van der Waals surface area (Å²) < 4.78 is 10.3. The average Bonchev–Trinajstić information content (AvgIpc) is 3.43. The van der Waals surface area contributed by atoms with E-state index in [1.807, 2.05) is 0 Å². The fourth-order valence-corrected chi connectivity index (χ4v) is 5.16. The number of anilines is 1. The van der Waals surface area contributed by atoms with Gasteiger partial charge in [0.2, 0.25) is 0 Å². The third kappa shape index (κ3) is 5.01. The predicted molar refractivity (Wildman–Crippen MR) is 143 cm³/mol. The van der Waals surface area contributed by atoms with E-state index in [-0.39, 0.29) is 33.6 Å². The summed E-state index contributed by atoms with van der Waals surface area (Å²) in [5, 5.41) is 22.6. The second-order valence-corrected chi connectivity index (χ2v) is 9.47. The molecule has 2 aromatic carbocycles. The number of aromatic nitrogens is 1. The average molecular weight is 550 g/mol. The summed E-state index contributed by atoms with van der Waals surface area (Å²) >= 11 is 0.849. The number of hydrogen-bond acceptors (Lipinski definition) is 10. The molecule has 0 radical (unpaired) electrons. The summed E-state index contributed by atoms with van der Waals surface area (Å²) in [6.07, 6.45) is 1.41. The molecular weight excluding hydrogens is 526 g/mol. The third-order valence-electron chi connectivity index (χ3n) is 6.06. The van der Waals surface area contributed by atoms with Gasteiger partial charge in [-0.2, -0.15) is 0 Å². The zero-order valence-electron chi connectivity index (χ0n) is 21.2. The molecule has 1 fully saturated rings. The Kier molecular flexibility index (Phi) is 7.58.